The van der Waals surface area contributed by atoms with Crippen LogP contribution < -0.4 is 0 Å². The smallest absolute Gasteiger partial charge is 0.110 e. The van der Waals surface area contributed by atoms with Crippen molar-refractivity contribution in [2.45, 2.75) is 13.3 Å². The lowest BCUT2D eigenvalue weighted by atomic mass is 10.2. The van der Waals surface area contributed by atoms with Crippen molar-refractivity contribution in [3.8, 4) is 0 Å². The van der Waals surface area contributed by atoms with Crippen LogP contribution in [0.15, 0.2) is 18.2 Å². The van der Waals surface area contributed by atoms with E-state index in [4.69, 9.17) is 11.6 Å². The van der Waals surface area contributed by atoms with Crippen molar-refractivity contribution in [2.75, 3.05) is 5.88 Å². The molecular weight excluding hydrogens is 196 g/mol. The molecule has 0 aliphatic carbocycles. The van der Waals surface area contributed by atoms with E-state index in [0.717, 1.165) is 17.8 Å². The number of aryl methyl sites for hydroxylation is 3. The van der Waals surface area contributed by atoms with Gasteiger partial charge in [0.2, 0.25) is 0 Å². The number of hydrogen-bond donors (Lipinski definition) is 0. The van der Waals surface area contributed by atoms with Crippen molar-refractivity contribution < 1.29 is 0 Å². The highest BCUT2D eigenvalue weighted by molar-refractivity contribution is 6.17. The van der Waals surface area contributed by atoms with Crippen LogP contribution in [0.4, 0.5) is 0 Å². The third-order valence-electron chi connectivity index (χ3n) is 2.51. The van der Waals surface area contributed by atoms with Crippen LogP contribution in [-0.2, 0) is 13.5 Å². The molecule has 74 valence electrons. The minimum atomic E-state index is 0.621. The van der Waals surface area contributed by atoms with Gasteiger partial charge in [-0.25, -0.2) is 4.98 Å². The van der Waals surface area contributed by atoms with Gasteiger partial charge in [0, 0.05) is 19.3 Å². The molecule has 0 N–H and O–H groups in total. The number of nitrogens with zero attached hydrogens (tertiary/aromatic N) is 2. The van der Waals surface area contributed by atoms with E-state index >= 15 is 0 Å². The highest BCUT2D eigenvalue weighted by Gasteiger charge is 2.07. The summed E-state index contributed by atoms with van der Waals surface area (Å²) in [6, 6.07) is 6.18. The third-order valence-corrected chi connectivity index (χ3v) is 2.70. The summed E-state index contributed by atoms with van der Waals surface area (Å²) >= 11 is 5.72. The van der Waals surface area contributed by atoms with Crippen molar-refractivity contribution in [1.82, 2.24) is 9.55 Å². The van der Waals surface area contributed by atoms with E-state index in [1.54, 1.807) is 0 Å². The van der Waals surface area contributed by atoms with Crippen LogP contribution in [-0.4, -0.2) is 15.4 Å². The summed E-state index contributed by atoms with van der Waals surface area (Å²) in [6.07, 6.45) is 0.826. The van der Waals surface area contributed by atoms with Gasteiger partial charge in [0.05, 0.1) is 11.0 Å². The molecule has 0 aliphatic heterocycles. The molecule has 0 radical (unpaired) electrons. The van der Waals surface area contributed by atoms with Crippen LogP contribution in [0.5, 0.6) is 0 Å². The number of rotatable bonds is 2. The Hall–Kier alpha value is -1.02. The summed E-state index contributed by atoms with van der Waals surface area (Å²) in [5, 5.41) is 0. The quantitative estimate of drug-likeness (QED) is 0.694. The summed E-state index contributed by atoms with van der Waals surface area (Å²) in [4.78, 5) is 4.54. The van der Waals surface area contributed by atoms with Gasteiger partial charge in [0.15, 0.2) is 0 Å². The number of halogens is 1. The fraction of sp³-hybridized carbons (Fsp3) is 0.364. The molecular formula is C11H13ClN2. The molecule has 2 nitrogen and oxygen atoms in total. The maximum Gasteiger partial charge on any atom is 0.110 e. The first-order valence-corrected chi connectivity index (χ1v) is 5.24. The zero-order valence-corrected chi connectivity index (χ0v) is 9.17. The fourth-order valence-electron chi connectivity index (χ4n) is 1.82. The Morgan fingerprint density at radius 2 is 2.21 bits per heavy atom. The van der Waals surface area contributed by atoms with E-state index in [2.05, 4.69) is 22.5 Å². The maximum atomic E-state index is 5.72. The second kappa shape index (κ2) is 3.62. The van der Waals surface area contributed by atoms with Crippen LogP contribution in [0, 0.1) is 6.92 Å². The summed E-state index contributed by atoms with van der Waals surface area (Å²) in [7, 11) is 2.05. The second-order valence-electron chi connectivity index (χ2n) is 3.47. The molecule has 1 heterocycles. The molecule has 2 rings (SSSR count). The van der Waals surface area contributed by atoms with Crippen LogP contribution in [0.2, 0.25) is 0 Å². The Balaban J connectivity index is 2.68. The van der Waals surface area contributed by atoms with Crippen molar-refractivity contribution in [1.29, 1.82) is 0 Å². The number of imidazole rings is 1. The zero-order valence-electron chi connectivity index (χ0n) is 8.42. The Morgan fingerprint density at radius 3 is 2.86 bits per heavy atom. The fourth-order valence-corrected chi connectivity index (χ4v) is 1.99. The minimum absolute atomic E-state index is 0.621. The van der Waals surface area contributed by atoms with Crippen molar-refractivity contribution in [3.05, 3.63) is 29.6 Å². The monoisotopic (exact) mass is 208 g/mol. The van der Waals surface area contributed by atoms with Gasteiger partial charge in [-0.1, -0.05) is 12.1 Å². The number of alkyl halides is 1. The van der Waals surface area contributed by atoms with E-state index in [0.29, 0.717) is 5.88 Å². The largest absolute Gasteiger partial charge is 0.331 e. The van der Waals surface area contributed by atoms with Crippen LogP contribution >= 0.6 is 11.6 Å². The molecule has 0 bridgehead atoms. The van der Waals surface area contributed by atoms with Crippen LogP contribution in [0.1, 0.15) is 11.4 Å². The first kappa shape index (κ1) is 9.53. The molecule has 0 fully saturated rings. The van der Waals surface area contributed by atoms with E-state index < -0.39 is 0 Å². The van der Waals surface area contributed by atoms with E-state index in [1.807, 2.05) is 19.2 Å². The zero-order chi connectivity index (χ0) is 10.1. The van der Waals surface area contributed by atoms with E-state index in [-0.39, 0.29) is 0 Å². The SMILES string of the molecule is Cc1cccc2nc(CCCl)n(C)c12. The standard InChI is InChI=1S/C11H13ClN2/c1-8-4-3-5-9-11(8)14(2)10(13-9)6-7-12/h3-5H,6-7H2,1-2H3. The molecule has 0 unspecified atom stereocenters. The number of aromatic nitrogens is 2. The van der Waals surface area contributed by atoms with Gasteiger partial charge in [-0.15, -0.1) is 11.6 Å². The number of fused-ring (bicyclic) bond motifs is 1. The summed E-state index contributed by atoms with van der Waals surface area (Å²) in [5.74, 6) is 1.68. The lowest BCUT2D eigenvalue weighted by Gasteiger charge is -2.01. The summed E-state index contributed by atoms with van der Waals surface area (Å²) in [5.41, 5.74) is 3.54. The van der Waals surface area contributed by atoms with Gasteiger partial charge in [-0.3, -0.25) is 0 Å². The number of benzene rings is 1. The Kier molecular flexibility index (Phi) is 2.46. The predicted molar refractivity (Wildman–Crippen MR) is 59.9 cm³/mol. The van der Waals surface area contributed by atoms with Crippen molar-refractivity contribution >= 4 is 22.6 Å². The lowest BCUT2D eigenvalue weighted by molar-refractivity contribution is 0.830. The van der Waals surface area contributed by atoms with Gasteiger partial charge in [0.25, 0.3) is 0 Å². The Morgan fingerprint density at radius 1 is 1.43 bits per heavy atom. The predicted octanol–water partition coefficient (Wildman–Crippen LogP) is 2.66. The van der Waals surface area contributed by atoms with Crippen LogP contribution in [0.3, 0.4) is 0 Å². The molecule has 3 heteroatoms. The molecule has 1 aromatic carbocycles. The first-order valence-electron chi connectivity index (χ1n) is 4.71. The van der Waals surface area contributed by atoms with Crippen LogP contribution in [0.25, 0.3) is 11.0 Å². The molecule has 0 atom stereocenters. The van der Waals surface area contributed by atoms with Gasteiger partial charge in [0.1, 0.15) is 5.82 Å². The summed E-state index contributed by atoms with van der Waals surface area (Å²) in [6.45, 7) is 2.11. The highest BCUT2D eigenvalue weighted by atomic mass is 35.5. The summed E-state index contributed by atoms with van der Waals surface area (Å²) < 4.78 is 2.13. The molecule has 0 aliphatic rings. The molecule has 14 heavy (non-hydrogen) atoms. The topological polar surface area (TPSA) is 17.8 Å². The first-order chi connectivity index (χ1) is 6.74. The van der Waals surface area contributed by atoms with E-state index in [9.17, 15) is 0 Å². The molecule has 0 saturated carbocycles. The molecule has 0 amide bonds. The maximum absolute atomic E-state index is 5.72. The average Bonchev–Trinajstić information content (AvgIpc) is 2.46. The van der Waals surface area contributed by atoms with Crippen molar-refractivity contribution in [2.24, 2.45) is 7.05 Å². The Labute approximate surface area is 88.5 Å². The van der Waals surface area contributed by atoms with Crippen molar-refractivity contribution in [3.63, 3.8) is 0 Å². The molecule has 0 spiro atoms. The average molecular weight is 209 g/mol. The molecule has 1 aromatic heterocycles. The van der Waals surface area contributed by atoms with Gasteiger partial charge in [-0.05, 0) is 18.6 Å². The molecule has 0 saturated heterocycles. The number of para-hydroxylation sites is 1. The van der Waals surface area contributed by atoms with Gasteiger partial charge in [-0.2, -0.15) is 0 Å². The lowest BCUT2D eigenvalue weighted by Crippen LogP contribution is -1.98. The van der Waals surface area contributed by atoms with Gasteiger partial charge >= 0.3 is 0 Å². The van der Waals surface area contributed by atoms with E-state index in [1.165, 1.54) is 11.1 Å². The van der Waals surface area contributed by atoms with Gasteiger partial charge < -0.3 is 4.57 Å². The Bertz CT molecular complexity index is 460. The second-order valence-corrected chi connectivity index (χ2v) is 3.85. The normalized spacial score (nSPS) is 11.1. The highest BCUT2D eigenvalue weighted by Crippen LogP contribution is 2.18. The number of hydrogen-bond acceptors (Lipinski definition) is 1. The molecule has 2 aromatic rings. The third kappa shape index (κ3) is 1.40. The minimum Gasteiger partial charge on any atom is -0.331 e.